The summed E-state index contributed by atoms with van der Waals surface area (Å²) in [5.74, 6) is 0. The number of nitrogens with one attached hydrogen (secondary N) is 1. The van der Waals surface area contributed by atoms with Crippen LogP contribution in [0.2, 0.25) is 0 Å². The number of ether oxygens (including phenoxy) is 1. The summed E-state index contributed by atoms with van der Waals surface area (Å²) in [6.45, 7) is 3.87. The van der Waals surface area contributed by atoms with Crippen molar-refractivity contribution in [3.05, 3.63) is 20.8 Å². The Labute approximate surface area is 90.4 Å². The SMILES string of the molecule is CC1COC(c2ccc(Br)s2)CN1. The van der Waals surface area contributed by atoms with Crippen molar-refractivity contribution in [1.82, 2.24) is 5.32 Å². The van der Waals surface area contributed by atoms with Crippen LogP contribution in [0.15, 0.2) is 15.9 Å². The zero-order chi connectivity index (χ0) is 9.26. The van der Waals surface area contributed by atoms with Gasteiger partial charge in [-0.2, -0.15) is 0 Å². The Kier molecular flexibility index (Phi) is 3.03. The predicted molar refractivity (Wildman–Crippen MR) is 58.2 cm³/mol. The van der Waals surface area contributed by atoms with Crippen molar-refractivity contribution in [1.29, 1.82) is 0 Å². The maximum Gasteiger partial charge on any atom is 0.104 e. The van der Waals surface area contributed by atoms with Gasteiger partial charge in [-0.15, -0.1) is 11.3 Å². The average molecular weight is 262 g/mol. The van der Waals surface area contributed by atoms with E-state index in [0.717, 1.165) is 13.2 Å². The molecule has 2 atom stereocenters. The molecule has 2 heterocycles. The second-order valence-corrected chi connectivity index (χ2v) is 5.77. The Morgan fingerprint density at radius 3 is 3.00 bits per heavy atom. The van der Waals surface area contributed by atoms with Gasteiger partial charge in [0, 0.05) is 17.5 Å². The fourth-order valence-corrected chi connectivity index (χ4v) is 2.84. The molecule has 2 nitrogen and oxygen atoms in total. The highest BCUT2D eigenvalue weighted by Crippen LogP contribution is 2.30. The third kappa shape index (κ3) is 2.31. The van der Waals surface area contributed by atoms with E-state index < -0.39 is 0 Å². The Morgan fingerprint density at radius 2 is 2.46 bits per heavy atom. The summed E-state index contributed by atoms with van der Waals surface area (Å²) in [5.41, 5.74) is 0. The third-order valence-electron chi connectivity index (χ3n) is 2.11. The first-order valence-electron chi connectivity index (χ1n) is 4.36. The van der Waals surface area contributed by atoms with Crippen LogP contribution in [-0.4, -0.2) is 19.2 Å². The Balaban J connectivity index is 2.02. The fourth-order valence-electron chi connectivity index (χ4n) is 1.37. The van der Waals surface area contributed by atoms with E-state index in [1.165, 1.54) is 8.66 Å². The van der Waals surface area contributed by atoms with Crippen LogP contribution in [0.4, 0.5) is 0 Å². The standard InChI is InChI=1S/C9H12BrNOS/c1-6-5-12-7(4-11-6)8-2-3-9(10)13-8/h2-3,6-7,11H,4-5H2,1H3. The molecule has 2 rings (SSSR count). The number of hydrogen-bond donors (Lipinski definition) is 1. The highest BCUT2D eigenvalue weighted by Gasteiger charge is 2.20. The van der Waals surface area contributed by atoms with Crippen LogP contribution >= 0.6 is 27.3 Å². The van der Waals surface area contributed by atoms with Crippen LogP contribution in [0.5, 0.6) is 0 Å². The fraction of sp³-hybridized carbons (Fsp3) is 0.556. The molecule has 0 radical (unpaired) electrons. The molecule has 1 aliphatic heterocycles. The molecule has 1 saturated heterocycles. The zero-order valence-electron chi connectivity index (χ0n) is 7.42. The molecule has 1 aromatic rings. The second-order valence-electron chi connectivity index (χ2n) is 3.27. The minimum Gasteiger partial charge on any atom is -0.370 e. The highest BCUT2D eigenvalue weighted by atomic mass is 79.9. The van der Waals surface area contributed by atoms with Crippen molar-refractivity contribution >= 4 is 27.3 Å². The number of hydrogen-bond acceptors (Lipinski definition) is 3. The lowest BCUT2D eigenvalue weighted by Gasteiger charge is -2.27. The van der Waals surface area contributed by atoms with Crippen molar-refractivity contribution < 1.29 is 4.74 Å². The van der Waals surface area contributed by atoms with Gasteiger partial charge in [0.15, 0.2) is 0 Å². The summed E-state index contributed by atoms with van der Waals surface area (Å²) < 4.78 is 6.89. The first-order chi connectivity index (χ1) is 6.25. The lowest BCUT2D eigenvalue weighted by Crippen LogP contribution is -2.40. The van der Waals surface area contributed by atoms with Crippen LogP contribution in [0.25, 0.3) is 0 Å². The van der Waals surface area contributed by atoms with Crippen LogP contribution in [-0.2, 0) is 4.74 Å². The van der Waals surface area contributed by atoms with Gasteiger partial charge in [-0.3, -0.25) is 0 Å². The number of morpholine rings is 1. The van der Waals surface area contributed by atoms with E-state index in [-0.39, 0.29) is 6.10 Å². The maximum absolute atomic E-state index is 5.72. The van der Waals surface area contributed by atoms with E-state index >= 15 is 0 Å². The van der Waals surface area contributed by atoms with Gasteiger partial charge >= 0.3 is 0 Å². The molecule has 0 bridgehead atoms. The van der Waals surface area contributed by atoms with Gasteiger partial charge in [0.1, 0.15) is 6.10 Å². The van der Waals surface area contributed by atoms with E-state index in [9.17, 15) is 0 Å². The van der Waals surface area contributed by atoms with Gasteiger partial charge in [-0.05, 0) is 35.0 Å². The van der Waals surface area contributed by atoms with E-state index in [0.29, 0.717) is 6.04 Å². The molecule has 0 aliphatic carbocycles. The van der Waals surface area contributed by atoms with Gasteiger partial charge in [-0.1, -0.05) is 0 Å². The lowest BCUT2D eigenvalue weighted by molar-refractivity contribution is 0.00902. The van der Waals surface area contributed by atoms with Crippen LogP contribution < -0.4 is 5.32 Å². The highest BCUT2D eigenvalue weighted by molar-refractivity contribution is 9.11. The summed E-state index contributed by atoms with van der Waals surface area (Å²) in [4.78, 5) is 1.30. The molecule has 4 heteroatoms. The average Bonchev–Trinajstić information content (AvgIpc) is 2.53. The summed E-state index contributed by atoms with van der Waals surface area (Å²) >= 11 is 5.20. The van der Waals surface area contributed by atoms with Crippen molar-refractivity contribution in [2.75, 3.05) is 13.2 Å². The Hall–Kier alpha value is 0.1000. The molecule has 1 N–H and O–H groups in total. The minimum atomic E-state index is 0.243. The molecule has 0 saturated carbocycles. The van der Waals surface area contributed by atoms with Crippen LogP contribution in [0.3, 0.4) is 0 Å². The van der Waals surface area contributed by atoms with E-state index in [2.05, 4.69) is 40.3 Å². The predicted octanol–water partition coefficient (Wildman–Crippen LogP) is 2.56. The number of halogens is 1. The monoisotopic (exact) mass is 261 g/mol. The molecule has 2 unspecified atom stereocenters. The number of rotatable bonds is 1. The molecule has 72 valence electrons. The maximum atomic E-state index is 5.72. The minimum absolute atomic E-state index is 0.243. The first-order valence-corrected chi connectivity index (χ1v) is 5.97. The molecular formula is C9H12BrNOS. The van der Waals surface area contributed by atoms with Gasteiger partial charge in [0.05, 0.1) is 10.4 Å². The molecule has 0 amide bonds. The topological polar surface area (TPSA) is 21.3 Å². The zero-order valence-corrected chi connectivity index (χ0v) is 9.82. The number of thiophene rings is 1. The van der Waals surface area contributed by atoms with Gasteiger partial charge in [0.25, 0.3) is 0 Å². The molecule has 0 aromatic carbocycles. The smallest absolute Gasteiger partial charge is 0.104 e. The quantitative estimate of drug-likeness (QED) is 0.839. The van der Waals surface area contributed by atoms with Crippen molar-refractivity contribution in [3.63, 3.8) is 0 Å². The summed E-state index contributed by atoms with van der Waals surface area (Å²) in [6, 6.07) is 4.68. The Morgan fingerprint density at radius 1 is 1.62 bits per heavy atom. The van der Waals surface area contributed by atoms with E-state index in [4.69, 9.17) is 4.74 Å². The second kappa shape index (κ2) is 4.09. The van der Waals surface area contributed by atoms with Crippen molar-refractivity contribution in [3.8, 4) is 0 Å². The molecule has 1 fully saturated rings. The molecule has 1 aromatic heterocycles. The molecule has 13 heavy (non-hydrogen) atoms. The largest absolute Gasteiger partial charge is 0.370 e. The van der Waals surface area contributed by atoms with Crippen molar-refractivity contribution in [2.24, 2.45) is 0 Å². The van der Waals surface area contributed by atoms with Gasteiger partial charge in [0.2, 0.25) is 0 Å². The summed E-state index contributed by atoms with van der Waals surface area (Å²) in [7, 11) is 0. The summed E-state index contributed by atoms with van der Waals surface area (Å²) in [6.07, 6.45) is 0.243. The van der Waals surface area contributed by atoms with Crippen molar-refractivity contribution in [2.45, 2.75) is 19.1 Å². The molecular weight excluding hydrogens is 250 g/mol. The van der Waals surface area contributed by atoms with Gasteiger partial charge in [-0.25, -0.2) is 0 Å². The summed E-state index contributed by atoms with van der Waals surface area (Å²) in [5, 5.41) is 3.41. The van der Waals surface area contributed by atoms with E-state index in [1.54, 1.807) is 11.3 Å². The normalized spacial score (nSPS) is 29.1. The first kappa shape index (κ1) is 9.65. The third-order valence-corrected chi connectivity index (χ3v) is 3.83. The van der Waals surface area contributed by atoms with Gasteiger partial charge < -0.3 is 10.1 Å². The molecule has 1 aliphatic rings. The van der Waals surface area contributed by atoms with Crippen LogP contribution in [0.1, 0.15) is 17.9 Å². The van der Waals surface area contributed by atoms with Crippen LogP contribution in [0, 0.1) is 0 Å². The molecule has 0 spiro atoms. The lowest BCUT2D eigenvalue weighted by atomic mass is 10.2. The van der Waals surface area contributed by atoms with E-state index in [1.807, 2.05) is 0 Å². The Bertz CT molecular complexity index is 281.